The van der Waals surface area contributed by atoms with Crippen molar-refractivity contribution in [2.75, 3.05) is 12.9 Å². The molecule has 162 valence electrons. The predicted octanol–water partition coefficient (Wildman–Crippen LogP) is 3.79. The Labute approximate surface area is 178 Å². The van der Waals surface area contributed by atoms with Gasteiger partial charge in [-0.2, -0.15) is 8.42 Å². The van der Waals surface area contributed by atoms with Crippen LogP contribution in [0.25, 0.3) is 0 Å². The highest BCUT2D eigenvalue weighted by Crippen LogP contribution is 2.37. The fraction of sp³-hybridized carbons (Fsp3) is 0.435. The first kappa shape index (κ1) is 22.3. The van der Waals surface area contributed by atoms with Crippen molar-refractivity contribution in [3.63, 3.8) is 0 Å². The van der Waals surface area contributed by atoms with Crippen LogP contribution in [-0.2, 0) is 31.9 Å². The second kappa shape index (κ2) is 8.78. The molecule has 1 aliphatic carbocycles. The zero-order valence-corrected chi connectivity index (χ0v) is 18.7. The monoisotopic (exact) mass is 431 g/mol. The van der Waals surface area contributed by atoms with Crippen LogP contribution in [0.3, 0.4) is 0 Å². The minimum Gasteiger partial charge on any atom is -0.444 e. The third-order valence-corrected chi connectivity index (χ3v) is 5.57. The van der Waals surface area contributed by atoms with Gasteiger partial charge in [-0.05, 0) is 55.9 Å². The van der Waals surface area contributed by atoms with Crippen molar-refractivity contribution in [2.24, 2.45) is 0 Å². The summed E-state index contributed by atoms with van der Waals surface area (Å²) < 4.78 is 34.0. The first-order valence-electron chi connectivity index (χ1n) is 10.0. The second-order valence-electron chi connectivity index (χ2n) is 8.62. The Morgan fingerprint density at radius 2 is 1.53 bits per heavy atom. The summed E-state index contributed by atoms with van der Waals surface area (Å²) in [6.07, 6.45) is 2.14. The lowest BCUT2D eigenvalue weighted by atomic mass is 9.83. The third kappa shape index (κ3) is 5.83. The number of carbonyl (C=O) groups excluding carboxylic acids is 1. The maximum absolute atomic E-state index is 12.6. The summed E-state index contributed by atoms with van der Waals surface area (Å²) in [6.45, 7) is 5.16. The third-order valence-electron chi connectivity index (χ3n) is 5.01. The van der Waals surface area contributed by atoms with Crippen LogP contribution in [-0.4, -0.2) is 39.0 Å². The molecule has 0 aliphatic heterocycles. The minimum absolute atomic E-state index is 0.189. The van der Waals surface area contributed by atoms with E-state index in [0.717, 1.165) is 30.2 Å². The van der Waals surface area contributed by atoms with Gasteiger partial charge in [-0.25, -0.2) is 4.79 Å². The molecule has 0 aromatic heterocycles. The SMILES string of the molecule is CC(C)(C)OC(=O)NC(COS(C)(=O)=O)C1c2ccccc2CCc2ccccc21. The fourth-order valence-corrected chi connectivity index (χ4v) is 4.27. The van der Waals surface area contributed by atoms with Gasteiger partial charge in [-0.15, -0.1) is 0 Å². The van der Waals surface area contributed by atoms with Gasteiger partial charge < -0.3 is 10.1 Å². The number of fused-ring (bicyclic) bond motifs is 2. The van der Waals surface area contributed by atoms with E-state index in [9.17, 15) is 13.2 Å². The van der Waals surface area contributed by atoms with E-state index in [1.807, 2.05) is 36.4 Å². The quantitative estimate of drug-likeness (QED) is 0.729. The first-order valence-corrected chi connectivity index (χ1v) is 11.8. The number of nitrogens with one attached hydrogen (secondary N) is 1. The van der Waals surface area contributed by atoms with Crippen molar-refractivity contribution in [3.8, 4) is 0 Å². The number of hydrogen-bond donors (Lipinski definition) is 1. The van der Waals surface area contributed by atoms with Crippen LogP contribution in [0.4, 0.5) is 4.79 Å². The van der Waals surface area contributed by atoms with Gasteiger partial charge in [0.15, 0.2) is 0 Å². The Morgan fingerprint density at radius 3 is 2.00 bits per heavy atom. The highest BCUT2D eigenvalue weighted by molar-refractivity contribution is 7.85. The summed E-state index contributed by atoms with van der Waals surface area (Å²) in [4.78, 5) is 12.6. The molecular formula is C23H29NO5S. The molecular weight excluding hydrogens is 402 g/mol. The van der Waals surface area contributed by atoms with Gasteiger partial charge in [-0.3, -0.25) is 4.18 Å². The van der Waals surface area contributed by atoms with Crippen molar-refractivity contribution < 1.29 is 22.1 Å². The molecule has 30 heavy (non-hydrogen) atoms. The van der Waals surface area contributed by atoms with Crippen molar-refractivity contribution in [3.05, 3.63) is 70.8 Å². The summed E-state index contributed by atoms with van der Waals surface area (Å²) >= 11 is 0. The van der Waals surface area contributed by atoms with Crippen LogP contribution in [0.15, 0.2) is 48.5 Å². The Balaban J connectivity index is 2.05. The Kier molecular flexibility index (Phi) is 6.53. The maximum Gasteiger partial charge on any atom is 0.407 e. The Hall–Kier alpha value is -2.38. The molecule has 0 radical (unpaired) electrons. The van der Waals surface area contributed by atoms with Crippen LogP contribution in [0.2, 0.25) is 0 Å². The number of hydrogen-bond acceptors (Lipinski definition) is 5. The number of ether oxygens (including phenoxy) is 1. The average molecular weight is 432 g/mol. The van der Waals surface area contributed by atoms with Crippen LogP contribution in [0.5, 0.6) is 0 Å². The summed E-state index contributed by atoms with van der Waals surface area (Å²) in [5.41, 5.74) is 3.79. The number of alkyl carbamates (subject to hydrolysis) is 1. The van der Waals surface area contributed by atoms with E-state index in [4.69, 9.17) is 8.92 Å². The molecule has 0 saturated carbocycles. The van der Waals surface area contributed by atoms with Crippen LogP contribution in [0, 0.1) is 0 Å². The molecule has 7 heteroatoms. The molecule has 0 bridgehead atoms. The van der Waals surface area contributed by atoms with Crippen LogP contribution in [0.1, 0.15) is 48.9 Å². The van der Waals surface area contributed by atoms with Gasteiger partial charge in [0.05, 0.1) is 18.9 Å². The standard InChI is InChI=1S/C23H29NO5S/c1-23(2,3)29-22(25)24-20(15-28-30(4,26)27)21-18-11-7-5-9-16(18)13-14-17-10-6-8-12-19(17)21/h5-12,20-21H,13-15H2,1-4H3,(H,24,25). The van der Waals surface area contributed by atoms with Gasteiger partial charge >= 0.3 is 6.09 Å². The average Bonchev–Trinajstić information content (AvgIpc) is 2.80. The van der Waals surface area contributed by atoms with E-state index in [0.29, 0.717) is 0 Å². The number of carbonyl (C=O) groups is 1. The lowest BCUT2D eigenvalue weighted by Gasteiger charge is -2.31. The van der Waals surface area contributed by atoms with Crippen molar-refractivity contribution in [1.82, 2.24) is 5.32 Å². The van der Waals surface area contributed by atoms with Gasteiger partial charge in [0.2, 0.25) is 0 Å². The van der Waals surface area contributed by atoms with Gasteiger partial charge in [-0.1, -0.05) is 48.5 Å². The van der Waals surface area contributed by atoms with E-state index in [1.165, 1.54) is 11.1 Å². The minimum atomic E-state index is -3.68. The molecule has 1 amide bonds. The van der Waals surface area contributed by atoms with E-state index in [1.54, 1.807) is 20.8 Å². The summed E-state index contributed by atoms with van der Waals surface area (Å²) in [5.74, 6) is -0.269. The zero-order valence-electron chi connectivity index (χ0n) is 17.8. The second-order valence-corrected chi connectivity index (χ2v) is 10.3. The molecule has 2 aromatic rings. The zero-order chi connectivity index (χ0) is 21.9. The summed E-state index contributed by atoms with van der Waals surface area (Å²) in [6, 6.07) is 15.5. The van der Waals surface area contributed by atoms with Crippen LogP contribution >= 0.6 is 0 Å². The molecule has 0 saturated heterocycles. The predicted molar refractivity (Wildman–Crippen MR) is 116 cm³/mol. The Morgan fingerprint density at radius 1 is 1.03 bits per heavy atom. The van der Waals surface area contributed by atoms with Gasteiger partial charge in [0.1, 0.15) is 5.60 Å². The molecule has 1 atom stereocenters. The number of benzene rings is 2. The molecule has 1 aliphatic rings. The highest BCUT2D eigenvalue weighted by atomic mass is 32.2. The molecule has 1 unspecified atom stereocenters. The molecule has 6 nitrogen and oxygen atoms in total. The smallest absolute Gasteiger partial charge is 0.407 e. The van der Waals surface area contributed by atoms with Crippen molar-refractivity contribution in [1.29, 1.82) is 0 Å². The number of aryl methyl sites for hydroxylation is 2. The van der Waals surface area contributed by atoms with E-state index in [2.05, 4.69) is 17.4 Å². The van der Waals surface area contributed by atoms with Crippen molar-refractivity contribution >= 4 is 16.2 Å². The molecule has 1 N–H and O–H groups in total. The number of amides is 1. The number of rotatable bonds is 5. The molecule has 0 spiro atoms. The van der Waals surface area contributed by atoms with Gasteiger partial charge in [0, 0.05) is 5.92 Å². The van der Waals surface area contributed by atoms with E-state index < -0.39 is 27.9 Å². The molecule has 0 fully saturated rings. The topological polar surface area (TPSA) is 81.7 Å². The fourth-order valence-electron chi connectivity index (χ4n) is 3.88. The summed E-state index contributed by atoms with van der Waals surface area (Å²) in [7, 11) is -3.68. The normalized spacial score (nSPS) is 15.5. The van der Waals surface area contributed by atoms with Crippen molar-refractivity contribution in [2.45, 2.75) is 51.2 Å². The maximum atomic E-state index is 12.6. The molecule has 3 rings (SSSR count). The Bertz CT molecular complexity index is 963. The first-order chi connectivity index (χ1) is 14.0. The molecule has 2 aromatic carbocycles. The van der Waals surface area contributed by atoms with E-state index in [-0.39, 0.29) is 12.5 Å². The van der Waals surface area contributed by atoms with Gasteiger partial charge in [0.25, 0.3) is 10.1 Å². The summed E-state index contributed by atoms with van der Waals surface area (Å²) in [5, 5.41) is 2.87. The van der Waals surface area contributed by atoms with Crippen LogP contribution < -0.4 is 5.32 Å². The molecule has 0 heterocycles. The largest absolute Gasteiger partial charge is 0.444 e. The lowest BCUT2D eigenvalue weighted by Crippen LogP contribution is -2.45. The highest BCUT2D eigenvalue weighted by Gasteiger charge is 2.33. The van der Waals surface area contributed by atoms with E-state index >= 15 is 0 Å². The lowest BCUT2D eigenvalue weighted by molar-refractivity contribution is 0.0482.